The molecular weight excluding hydrogens is 338 g/mol. The van der Waals surface area contributed by atoms with Crippen molar-refractivity contribution in [2.24, 2.45) is 0 Å². The van der Waals surface area contributed by atoms with Crippen molar-refractivity contribution in [3.63, 3.8) is 0 Å². The number of carbonyl (C=O) groups excluding carboxylic acids is 1. The van der Waals surface area contributed by atoms with Crippen molar-refractivity contribution in [2.45, 2.75) is 37.5 Å². The van der Waals surface area contributed by atoms with E-state index in [9.17, 15) is 13.2 Å². The molecule has 0 radical (unpaired) electrons. The molecule has 23 heavy (non-hydrogen) atoms. The molecule has 5 nitrogen and oxygen atoms in total. The molecule has 128 valence electrons. The summed E-state index contributed by atoms with van der Waals surface area (Å²) in [5.41, 5.74) is -1.02. The average molecular weight is 360 g/mol. The molecule has 1 heterocycles. The molecule has 1 fully saturated rings. The van der Waals surface area contributed by atoms with Gasteiger partial charge in [-0.05, 0) is 51.0 Å². The van der Waals surface area contributed by atoms with Gasteiger partial charge in [-0.25, -0.2) is 8.42 Å². The second kappa shape index (κ2) is 6.69. The van der Waals surface area contributed by atoms with Gasteiger partial charge in [0, 0.05) is 24.4 Å². The number of sulfone groups is 1. The van der Waals surface area contributed by atoms with E-state index in [0.717, 1.165) is 0 Å². The van der Waals surface area contributed by atoms with Gasteiger partial charge in [-0.3, -0.25) is 4.79 Å². The molecule has 0 aromatic heterocycles. The molecule has 1 aromatic carbocycles. The summed E-state index contributed by atoms with van der Waals surface area (Å²) in [6.07, 6.45) is 2.20. The molecule has 0 bridgehead atoms. The maximum atomic E-state index is 12.7. The topological polar surface area (TPSA) is 63.7 Å². The van der Waals surface area contributed by atoms with E-state index < -0.39 is 15.4 Å². The molecule has 1 amide bonds. The zero-order valence-electron chi connectivity index (χ0n) is 13.6. The van der Waals surface area contributed by atoms with Gasteiger partial charge in [-0.1, -0.05) is 11.6 Å². The lowest BCUT2D eigenvalue weighted by Gasteiger charge is -2.36. The van der Waals surface area contributed by atoms with E-state index in [-0.39, 0.29) is 11.2 Å². The minimum atomic E-state index is -3.04. The van der Waals surface area contributed by atoms with Gasteiger partial charge in [0.1, 0.15) is 15.6 Å². The highest BCUT2D eigenvalue weighted by Crippen LogP contribution is 2.25. The molecule has 0 aliphatic carbocycles. The van der Waals surface area contributed by atoms with E-state index in [1.807, 2.05) is 0 Å². The van der Waals surface area contributed by atoms with Crippen LogP contribution in [0.4, 0.5) is 0 Å². The molecule has 1 aliphatic heterocycles. The number of piperidine rings is 1. The van der Waals surface area contributed by atoms with Crippen LogP contribution in [0, 0.1) is 0 Å². The number of halogens is 1. The minimum Gasteiger partial charge on any atom is -0.478 e. The standard InChI is InChI=1S/C16H22ClNO4S/c1-16(2,22-13-6-4-12(17)5-7-13)15(19)18-10-8-14(9-11-18)23(3,20)21/h4-7,14H,8-11H2,1-3H3. The molecule has 0 spiro atoms. The third-order valence-electron chi connectivity index (χ3n) is 4.04. The summed E-state index contributed by atoms with van der Waals surface area (Å²) in [5.74, 6) is 0.429. The number of carbonyl (C=O) groups is 1. The molecule has 7 heteroatoms. The van der Waals surface area contributed by atoms with Crippen LogP contribution in [0.15, 0.2) is 24.3 Å². The maximum absolute atomic E-state index is 12.7. The highest BCUT2D eigenvalue weighted by atomic mass is 35.5. The summed E-state index contributed by atoms with van der Waals surface area (Å²) in [7, 11) is -3.04. The lowest BCUT2D eigenvalue weighted by Crippen LogP contribution is -2.52. The van der Waals surface area contributed by atoms with Crippen LogP contribution in [-0.2, 0) is 14.6 Å². The second-order valence-corrected chi connectivity index (χ2v) is 9.15. The van der Waals surface area contributed by atoms with Crippen LogP contribution in [-0.4, -0.2) is 49.4 Å². The molecule has 2 rings (SSSR count). The normalized spacial score (nSPS) is 17.1. The SMILES string of the molecule is CC(C)(Oc1ccc(Cl)cc1)C(=O)N1CCC(S(C)(=O)=O)CC1. The fourth-order valence-corrected chi connectivity index (χ4v) is 3.90. The van der Waals surface area contributed by atoms with Crippen LogP contribution >= 0.6 is 11.6 Å². The number of rotatable bonds is 4. The summed E-state index contributed by atoms with van der Waals surface area (Å²) in [4.78, 5) is 14.4. The Morgan fingerprint density at radius 1 is 1.22 bits per heavy atom. The predicted octanol–water partition coefficient (Wildman–Crippen LogP) is 2.53. The van der Waals surface area contributed by atoms with Crippen LogP contribution in [0.1, 0.15) is 26.7 Å². The number of hydrogen-bond acceptors (Lipinski definition) is 4. The molecular formula is C16H22ClNO4S. The zero-order chi connectivity index (χ0) is 17.3. The Bertz CT molecular complexity index is 662. The molecule has 0 saturated carbocycles. The lowest BCUT2D eigenvalue weighted by atomic mass is 10.0. The second-order valence-electron chi connectivity index (χ2n) is 6.39. The van der Waals surface area contributed by atoms with Crippen molar-refractivity contribution in [1.29, 1.82) is 0 Å². The minimum absolute atomic E-state index is 0.139. The summed E-state index contributed by atoms with van der Waals surface area (Å²) in [6.45, 7) is 4.30. The van der Waals surface area contributed by atoms with Crippen LogP contribution in [0.25, 0.3) is 0 Å². The Labute approximate surface area is 142 Å². The van der Waals surface area contributed by atoms with Crippen molar-refractivity contribution in [1.82, 2.24) is 4.90 Å². The first-order valence-corrected chi connectivity index (χ1v) is 9.86. The summed E-state index contributed by atoms with van der Waals surface area (Å²) >= 11 is 5.84. The average Bonchev–Trinajstić information content (AvgIpc) is 2.48. The van der Waals surface area contributed by atoms with Crippen LogP contribution in [0.2, 0.25) is 5.02 Å². The quantitative estimate of drug-likeness (QED) is 0.828. The van der Waals surface area contributed by atoms with E-state index in [1.54, 1.807) is 43.0 Å². The van der Waals surface area contributed by atoms with E-state index in [2.05, 4.69) is 0 Å². The molecule has 0 atom stereocenters. The Kier molecular flexibility index (Phi) is 5.26. The van der Waals surface area contributed by atoms with Gasteiger partial charge in [-0.15, -0.1) is 0 Å². The molecule has 1 aliphatic rings. The Morgan fingerprint density at radius 2 is 1.74 bits per heavy atom. The number of ether oxygens (including phenoxy) is 1. The monoisotopic (exact) mass is 359 g/mol. The fourth-order valence-electron chi connectivity index (χ4n) is 2.71. The van der Waals surface area contributed by atoms with Gasteiger partial charge in [0.2, 0.25) is 0 Å². The first-order chi connectivity index (χ1) is 10.6. The van der Waals surface area contributed by atoms with E-state index in [4.69, 9.17) is 16.3 Å². The number of amides is 1. The van der Waals surface area contributed by atoms with E-state index >= 15 is 0 Å². The van der Waals surface area contributed by atoms with Gasteiger partial charge in [0.25, 0.3) is 5.91 Å². The third kappa shape index (κ3) is 4.61. The van der Waals surface area contributed by atoms with Crippen molar-refractivity contribution in [2.75, 3.05) is 19.3 Å². The number of likely N-dealkylation sites (tertiary alicyclic amines) is 1. The highest BCUT2D eigenvalue weighted by molar-refractivity contribution is 7.91. The first-order valence-electron chi connectivity index (χ1n) is 7.52. The fraction of sp³-hybridized carbons (Fsp3) is 0.562. The van der Waals surface area contributed by atoms with Gasteiger partial charge >= 0.3 is 0 Å². The van der Waals surface area contributed by atoms with E-state index in [1.165, 1.54) is 6.26 Å². The van der Waals surface area contributed by atoms with Crippen molar-refractivity contribution >= 4 is 27.3 Å². The smallest absolute Gasteiger partial charge is 0.266 e. The Morgan fingerprint density at radius 3 is 2.22 bits per heavy atom. The van der Waals surface area contributed by atoms with E-state index in [0.29, 0.717) is 36.7 Å². The summed E-state index contributed by atoms with van der Waals surface area (Å²) < 4.78 is 29.0. The van der Waals surface area contributed by atoms with Gasteiger partial charge in [0.15, 0.2) is 5.60 Å². The third-order valence-corrected chi connectivity index (χ3v) is 5.97. The van der Waals surface area contributed by atoms with Crippen molar-refractivity contribution in [3.05, 3.63) is 29.3 Å². The van der Waals surface area contributed by atoms with Crippen LogP contribution in [0.5, 0.6) is 5.75 Å². The maximum Gasteiger partial charge on any atom is 0.266 e. The Hall–Kier alpha value is -1.27. The largest absolute Gasteiger partial charge is 0.478 e. The molecule has 0 N–H and O–H groups in total. The number of hydrogen-bond donors (Lipinski definition) is 0. The van der Waals surface area contributed by atoms with Crippen LogP contribution < -0.4 is 4.74 Å². The van der Waals surface area contributed by atoms with Crippen LogP contribution in [0.3, 0.4) is 0 Å². The predicted molar refractivity (Wildman–Crippen MR) is 90.6 cm³/mol. The van der Waals surface area contributed by atoms with Crippen molar-refractivity contribution < 1.29 is 17.9 Å². The van der Waals surface area contributed by atoms with Gasteiger partial charge < -0.3 is 9.64 Å². The molecule has 0 unspecified atom stereocenters. The Balaban J connectivity index is 2.00. The molecule has 1 aromatic rings. The summed E-state index contributed by atoms with van der Waals surface area (Å²) in [6, 6.07) is 6.84. The first kappa shape index (κ1) is 18.1. The number of benzene rings is 1. The highest BCUT2D eigenvalue weighted by Gasteiger charge is 2.37. The summed E-state index contributed by atoms with van der Waals surface area (Å²) in [5, 5.41) is 0.246. The molecule has 1 saturated heterocycles. The van der Waals surface area contributed by atoms with Gasteiger partial charge in [0.05, 0.1) is 5.25 Å². The lowest BCUT2D eigenvalue weighted by molar-refractivity contribution is -0.146. The zero-order valence-corrected chi connectivity index (χ0v) is 15.2. The number of nitrogens with zero attached hydrogens (tertiary/aromatic N) is 1. The van der Waals surface area contributed by atoms with Crippen molar-refractivity contribution in [3.8, 4) is 5.75 Å². The van der Waals surface area contributed by atoms with Gasteiger partial charge in [-0.2, -0.15) is 0 Å².